The molecule has 15 heteroatoms. The van der Waals surface area contributed by atoms with Crippen LogP contribution >= 0.6 is 34.4 Å². The largest absolute Gasteiger partial charge is 0.494 e. The lowest BCUT2D eigenvalue weighted by Gasteiger charge is -2.12. The number of hydrogen-bond donors (Lipinski definition) is 2. The predicted octanol–water partition coefficient (Wildman–Crippen LogP) is 5.11. The Morgan fingerprint density at radius 2 is 1.68 bits per heavy atom. The highest BCUT2D eigenvalue weighted by atomic mass is 32.2. The molecule has 12 nitrogen and oxygen atoms in total. The van der Waals surface area contributed by atoms with Crippen molar-refractivity contribution in [1.29, 1.82) is 0 Å². The van der Waals surface area contributed by atoms with E-state index in [4.69, 9.17) is 14.2 Å². The van der Waals surface area contributed by atoms with Crippen LogP contribution in [0.1, 0.15) is 61.9 Å². The summed E-state index contributed by atoms with van der Waals surface area (Å²) in [6, 6.07) is 10.8. The zero-order valence-corrected chi connectivity index (χ0v) is 27.0. The lowest BCUT2D eigenvalue weighted by atomic mass is 10.1. The molecule has 232 valence electrons. The minimum Gasteiger partial charge on any atom is -0.494 e. The molecule has 3 aromatic heterocycles. The van der Waals surface area contributed by atoms with Crippen molar-refractivity contribution in [3.8, 4) is 11.4 Å². The Morgan fingerprint density at radius 1 is 0.955 bits per heavy atom. The van der Waals surface area contributed by atoms with Crippen LogP contribution in [0, 0.1) is 6.92 Å². The highest BCUT2D eigenvalue weighted by Gasteiger charge is 2.27. The number of thiophene rings is 2. The SMILES string of the molecule is CCOC(=O)c1sc(NC(=O)CSc2nnc(CNC(=O)c3cccs3)n2-c2ccc(OCC)cc2)c(C(=O)OCC)c1C. The molecule has 2 N–H and O–H groups in total. The summed E-state index contributed by atoms with van der Waals surface area (Å²) < 4.78 is 17.6. The van der Waals surface area contributed by atoms with E-state index in [9.17, 15) is 19.2 Å². The Balaban J connectivity index is 1.55. The quantitative estimate of drug-likeness (QED) is 0.138. The van der Waals surface area contributed by atoms with E-state index < -0.39 is 17.8 Å². The van der Waals surface area contributed by atoms with Crippen molar-refractivity contribution in [1.82, 2.24) is 20.1 Å². The molecular weight excluding hydrogens is 627 g/mol. The van der Waals surface area contributed by atoms with Crippen LogP contribution < -0.4 is 15.4 Å². The first-order chi connectivity index (χ1) is 21.3. The molecule has 0 saturated carbocycles. The van der Waals surface area contributed by atoms with Gasteiger partial charge in [-0.25, -0.2) is 9.59 Å². The zero-order chi connectivity index (χ0) is 31.6. The standard InChI is InChI=1S/C29H31N5O7S3/c1-5-39-19-12-10-18(11-13-19)34-21(15-30-25(36)20-9-8-14-42-20)32-33-29(34)43-16-22(35)31-26-23(27(37)40-6-2)17(4)24(44-26)28(38)41-7-3/h8-14H,5-7,15-16H2,1-4H3,(H,30,36)(H,31,35). The Labute approximate surface area is 266 Å². The fourth-order valence-corrected chi connectivity index (χ4v) is 6.53. The summed E-state index contributed by atoms with van der Waals surface area (Å²) in [5, 5.41) is 16.6. The van der Waals surface area contributed by atoms with Gasteiger partial charge in [-0.2, -0.15) is 0 Å². The second-order valence-electron chi connectivity index (χ2n) is 8.86. The van der Waals surface area contributed by atoms with Gasteiger partial charge in [0.05, 0.1) is 42.6 Å². The van der Waals surface area contributed by atoms with Gasteiger partial charge in [0.25, 0.3) is 5.91 Å². The topological polar surface area (TPSA) is 151 Å². The average Bonchev–Trinajstić information content (AvgIpc) is 3.75. The molecule has 2 amide bonds. The molecule has 0 saturated heterocycles. The molecule has 44 heavy (non-hydrogen) atoms. The van der Waals surface area contributed by atoms with E-state index in [0.29, 0.717) is 39.5 Å². The first-order valence-corrected chi connectivity index (χ1v) is 16.3. The van der Waals surface area contributed by atoms with Gasteiger partial charge < -0.3 is 24.8 Å². The van der Waals surface area contributed by atoms with Gasteiger partial charge in [0.1, 0.15) is 15.6 Å². The highest BCUT2D eigenvalue weighted by molar-refractivity contribution is 7.99. The Bertz CT molecular complexity index is 1610. The van der Waals surface area contributed by atoms with Gasteiger partial charge in [0.15, 0.2) is 11.0 Å². The summed E-state index contributed by atoms with van der Waals surface area (Å²) in [5.41, 5.74) is 1.19. The predicted molar refractivity (Wildman–Crippen MR) is 168 cm³/mol. The molecule has 0 unspecified atom stereocenters. The van der Waals surface area contributed by atoms with E-state index in [-0.39, 0.29) is 46.9 Å². The number of anilines is 1. The van der Waals surface area contributed by atoms with Gasteiger partial charge in [-0.05, 0) is 69.0 Å². The molecule has 0 aliphatic rings. The van der Waals surface area contributed by atoms with Gasteiger partial charge in [-0.1, -0.05) is 17.8 Å². The number of nitrogens with zero attached hydrogens (tertiary/aromatic N) is 3. The van der Waals surface area contributed by atoms with Gasteiger partial charge in [-0.3, -0.25) is 14.2 Å². The van der Waals surface area contributed by atoms with Crippen LogP contribution in [-0.4, -0.2) is 64.1 Å². The lowest BCUT2D eigenvalue weighted by Crippen LogP contribution is -2.24. The highest BCUT2D eigenvalue weighted by Crippen LogP contribution is 2.35. The van der Waals surface area contributed by atoms with Gasteiger partial charge in [0, 0.05) is 5.69 Å². The number of benzene rings is 1. The first-order valence-electron chi connectivity index (χ1n) is 13.7. The number of rotatable bonds is 14. The maximum atomic E-state index is 13.1. The van der Waals surface area contributed by atoms with Crippen LogP contribution in [0.15, 0.2) is 46.9 Å². The number of carbonyl (C=O) groups is 4. The molecule has 4 rings (SSSR count). The van der Waals surface area contributed by atoms with E-state index in [1.165, 1.54) is 11.3 Å². The van der Waals surface area contributed by atoms with Crippen molar-refractivity contribution in [2.75, 3.05) is 30.9 Å². The summed E-state index contributed by atoms with van der Waals surface area (Å²) in [7, 11) is 0. The molecule has 0 spiro atoms. The van der Waals surface area contributed by atoms with E-state index in [1.54, 1.807) is 37.5 Å². The Kier molecular flexibility index (Phi) is 11.5. The smallest absolute Gasteiger partial charge is 0.348 e. The fraction of sp³-hybridized carbons (Fsp3) is 0.310. The normalized spacial score (nSPS) is 10.7. The molecule has 4 aromatic rings. The molecular formula is C29H31N5O7S3. The average molecular weight is 658 g/mol. The number of amides is 2. The zero-order valence-electron chi connectivity index (χ0n) is 24.5. The van der Waals surface area contributed by atoms with Crippen molar-refractivity contribution in [3.63, 3.8) is 0 Å². The van der Waals surface area contributed by atoms with Crippen LogP contribution in [0.5, 0.6) is 5.75 Å². The van der Waals surface area contributed by atoms with Crippen LogP contribution in [0.3, 0.4) is 0 Å². The third kappa shape index (κ3) is 7.84. The van der Waals surface area contributed by atoms with E-state index in [1.807, 2.05) is 36.6 Å². The number of hydrogen-bond acceptors (Lipinski definition) is 12. The third-order valence-electron chi connectivity index (χ3n) is 5.93. The summed E-state index contributed by atoms with van der Waals surface area (Å²) in [6.07, 6.45) is 0. The minimum absolute atomic E-state index is 0.0926. The van der Waals surface area contributed by atoms with E-state index in [2.05, 4.69) is 20.8 Å². The molecule has 0 aliphatic carbocycles. The van der Waals surface area contributed by atoms with Crippen LogP contribution in [0.2, 0.25) is 0 Å². The Morgan fingerprint density at radius 3 is 2.34 bits per heavy atom. The van der Waals surface area contributed by atoms with Crippen molar-refractivity contribution in [2.45, 2.75) is 39.4 Å². The number of thioether (sulfide) groups is 1. The number of esters is 2. The lowest BCUT2D eigenvalue weighted by molar-refractivity contribution is -0.113. The van der Waals surface area contributed by atoms with E-state index in [0.717, 1.165) is 23.1 Å². The van der Waals surface area contributed by atoms with Crippen LogP contribution in [-0.2, 0) is 20.8 Å². The number of carbonyl (C=O) groups excluding carboxylic acids is 4. The summed E-state index contributed by atoms with van der Waals surface area (Å²) in [4.78, 5) is 51.7. The molecule has 0 fully saturated rings. The van der Waals surface area contributed by atoms with Gasteiger partial charge in [0.2, 0.25) is 5.91 Å². The first kappa shape index (κ1) is 32.7. The van der Waals surface area contributed by atoms with E-state index >= 15 is 0 Å². The molecule has 1 aromatic carbocycles. The maximum absolute atomic E-state index is 13.1. The van der Waals surface area contributed by atoms with Crippen molar-refractivity contribution >= 4 is 63.2 Å². The van der Waals surface area contributed by atoms with Crippen LogP contribution in [0.4, 0.5) is 5.00 Å². The summed E-state index contributed by atoms with van der Waals surface area (Å²) in [5.74, 6) is -0.853. The minimum atomic E-state index is -0.649. The number of nitrogens with one attached hydrogen (secondary N) is 2. The molecule has 3 heterocycles. The molecule has 0 atom stereocenters. The van der Waals surface area contributed by atoms with Gasteiger partial charge in [-0.15, -0.1) is 32.9 Å². The number of aromatic nitrogens is 3. The second-order valence-corrected chi connectivity index (χ2v) is 11.8. The molecule has 0 aliphatic heterocycles. The summed E-state index contributed by atoms with van der Waals surface area (Å²) in [6.45, 7) is 7.76. The third-order valence-corrected chi connectivity index (χ3v) is 8.92. The Hall–Kier alpha value is -4.21. The summed E-state index contributed by atoms with van der Waals surface area (Å²) >= 11 is 3.40. The van der Waals surface area contributed by atoms with Crippen molar-refractivity contribution in [3.05, 3.63) is 68.5 Å². The monoisotopic (exact) mass is 657 g/mol. The van der Waals surface area contributed by atoms with Gasteiger partial charge >= 0.3 is 11.9 Å². The second kappa shape index (κ2) is 15.5. The molecule has 0 bridgehead atoms. The van der Waals surface area contributed by atoms with Crippen molar-refractivity contribution in [2.24, 2.45) is 0 Å². The molecule has 0 radical (unpaired) electrons. The fourth-order valence-electron chi connectivity index (χ4n) is 4.01. The van der Waals surface area contributed by atoms with Crippen LogP contribution in [0.25, 0.3) is 5.69 Å². The number of ether oxygens (including phenoxy) is 3. The van der Waals surface area contributed by atoms with Crippen molar-refractivity contribution < 1.29 is 33.4 Å². The maximum Gasteiger partial charge on any atom is 0.348 e.